The van der Waals surface area contributed by atoms with Gasteiger partial charge in [0.15, 0.2) is 5.16 Å². The van der Waals surface area contributed by atoms with Crippen molar-refractivity contribution >= 4 is 11.8 Å². The molecule has 3 aromatic heterocycles. The first kappa shape index (κ1) is 17.5. The van der Waals surface area contributed by atoms with E-state index in [1.54, 1.807) is 18.0 Å². The summed E-state index contributed by atoms with van der Waals surface area (Å²) >= 11 is 1.68. The summed E-state index contributed by atoms with van der Waals surface area (Å²) in [5.41, 5.74) is 1.77. The maximum absolute atomic E-state index is 5.26. The van der Waals surface area contributed by atoms with E-state index in [4.69, 9.17) is 4.52 Å². The molecule has 0 fully saturated rings. The average molecular weight is 356 g/mol. The van der Waals surface area contributed by atoms with E-state index in [2.05, 4.69) is 37.3 Å². The summed E-state index contributed by atoms with van der Waals surface area (Å²) in [5, 5.41) is 8.12. The highest BCUT2D eigenvalue weighted by Gasteiger charge is 2.08. The second kappa shape index (κ2) is 9.24. The van der Waals surface area contributed by atoms with E-state index >= 15 is 0 Å². The van der Waals surface area contributed by atoms with Gasteiger partial charge in [0.25, 0.3) is 0 Å². The quantitative estimate of drug-likeness (QED) is 0.356. The van der Waals surface area contributed by atoms with Crippen LogP contribution in [0.25, 0.3) is 11.5 Å². The Morgan fingerprint density at radius 2 is 2.04 bits per heavy atom. The van der Waals surface area contributed by atoms with Crippen LogP contribution in [0.5, 0.6) is 0 Å². The Hall–Kier alpha value is -2.32. The zero-order valence-corrected chi connectivity index (χ0v) is 14.9. The molecule has 0 saturated heterocycles. The molecule has 3 aromatic rings. The lowest BCUT2D eigenvalue weighted by Gasteiger charge is -2.03. The molecular formula is C17H20N6OS. The molecule has 0 aliphatic heterocycles. The van der Waals surface area contributed by atoms with Crippen LogP contribution in [0, 0.1) is 0 Å². The van der Waals surface area contributed by atoms with Crippen LogP contribution in [0.1, 0.15) is 24.8 Å². The van der Waals surface area contributed by atoms with Crippen molar-refractivity contribution in [1.82, 2.24) is 30.4 Å². The summed E-state index contributed by atoms with van der Waals surface area (Å²) in [7, 11) is 0. The van der Waals surface area contributed by atoms with E-state index in [9.17, 15) is 0 Å². The van der Waals surface area contributed by atoms with Crippen LogP contribution in [0.2, 0.25) is 0 Å². The van der Waals surface area contributed by atoms with Gasteiger partial charge in [-0.05, 0) is 18.6 Å². The first-order valence-corrected chi connectivity index (χ1v) is 9.22. The number of hydrogen-bond donors (Lipinski definition) is 1. The van der Waals surface area contributed by atoms with Crippen molar-refractivity contribution < 1.29 is 4.52 Å². The number of hydrogen-bond acceptors (Lipinski definition) is 8. The maximum Gasteiger partial charge on any atom is 0.228 e. The topological polar surface area (TPSA) is 89.6 Å². The van der Waals surface area contributed by atoms with Gasteiger partial charge in [-0.1, -0.05) is 29.9 Å². The molecule has 0 radical (unpaired) electrons. The predicted molar refractivity (Wildman–Crippen MR) is 96.0 cm³/mol. The van der Waals surface area contributed by atoms with Crippen molar-refractivity contribution in [3.63, 3.8) is 0 Å². The minimum absolute atomic E-state index is 0.518. The molecule has 3 heterocycles. The van der Waals surface area contributed by atoms with Crippen LogP contribution in [0.4, 0.5) is 0 Å². The Morgan fingerprint density at radius 1 is 1.16 bits per heavy atom. The van der Waals surface area contributed by atoms with E-state index in [1.807, 2.05) is 30.6 Å². The molecule has 0 unspecified atom stereocenters. The molecule has 0 aliphatic carbocycles. The Bertz CT molecular complexity index is 762. The van der Waals surface area contributed by atoms with Crippen molar-refractivity contribution in [2.75, 3.05) is 12.3 Å². The molecule has 7 nitrogen and oxygen atoms in total. The van der Waals surface area contributed by atoms with Crippen LogP contribution in [-0.4, -0.2) is 37.4 Å². The number of rotatable bonds is 9. The molecule has 0 saturated carbocycles. The zero-order chi connectivity index (χ0) is 17.3. The Balaban J connectivity index is 1.42. The molecule has 0 spiro atoms. The zero-order valence-electron chi connectivity index (χ0n) is 14.1. The van der Waals surface area contributed by atoms with E-state index in [0.29, 0.717) is 30.4 Å². The Labute approximate surface area is 150 Å². The highest BCUT2D eigenvalue weighted by molar-refractivity contribution is 7.99. The van der Waals surface area contributed by atoms with Gasteiger partial charge in [-0.2, -0.15) is 4.98 Å². The number of aromatic nitrogens is 5. The Kier molecular flexibility index (Phi) is 6.47. The first-order chi connectivity index (χ1) is 12.3. The van der Waals surface area contributed by atoms with Crippen molar-refractivity contribution in [2.45, 2.75) is 31.5 Å². The van der Waals surface area contributed by atoms with Crippen LogP contribution < -0.4 is 5.32 Å². The SMILES string of the molecule is CCCSc1ncc(CNCCc2nc(-c3ccccn3)no2)cn1. The van der Waals surface area contributed by atoms with E-state index in [-0.39, 0.29) is 0 Å². The summed E-state index contributed by atoms with van der Waals surface area (Å²) in [5.74, 6) is 2.15. The summed E-state index contributed by atoms with van der Waals surface area (Å²) < 4.78 is 5.26. The number of thioether (sulfide) groups is 1. The largest absolute Gasteiger partial charge is 0.339 e. The molecule has 0 aliphatic rings. The van der Waals surface area contributed by atoms with E-state index < -0.39 is 0 Å². The minimum atomic E-state index is 0.518. The average Bonchev–Trinajstić information content (AvgIpc) is 3.14. The fraction of sp³-hybridized carbons (Fsp3) is 0.353. The summed E-state index contributed by atoms with van der Waals surface area (Å²) in [4.78, 5) is 17.3. The first-order valence-electron chi connectivity index (χ1n) is 8.23. The van der Waals surface area contributed by atoms with Crippen molar-refractivity contribution in [1.29, 1.82) is 0 Å². The van der Waals surface area contributed by atoms with Gasteiger partial charge >= 0.3 is 0 Å². The third-order valence-electron chi connectivity index (χ3n) is 3.32. The summed E-state index contributed by atoms with van der Waals surface area (Å²) in [6, 6.07) is 5.61. The monoisotopic (exact) mass is 356 g/mol. The van der Waals surface area contributed by atoms with E-state index in [0.717, 1.165) is 29.4 Å². The van der Waals surface area contributed by atoms with Crippen molar-refractivity contribution in [3.05, 3.63) is 48.2 Å². The number of nitrogens with one attached hydrogen (secondary N) is 1. The van der Waals surface area contributed by atoms with Crippen LogP contribution in [0.3, 0.4) is 0 Å². The molecule has 1 N–H and O–H groups in total. The normalized spacial score (nSPS) is 10.9. The molecule has 8 heteroatoms. The van der Waals surface area contributed by atoms with Crippen LogP contribution in [0.15, 0.2) is 46.5 Å². The van der Waals surface area contributed by atoms with Gasteiger partial charge in [0.2, 0.25) is 11.7 Å². The highest BCUT2D eigenvalue weighted by atomic mass is 32.2. The highest BCUT2D eigenvalue weighted by Crippen LogP contribution is 2.13. The second-order valence-electron chi connectivity index (χ2n) is 5.38. The summed E-state index contributed by atoms with van der Waals surface area (Å²) in [6.07, 6.45) is 7.22. The minimum Gasteiger partial charge on any atom is -0.339 e. The molecule has 0 amide bonds. The lowest BCUT2D eigenvalue weighted by atomic mass is 10.3. The molecule has 0 aromatic carbocycles. The third kappa shape index (κ3) is 5.33. The lowest BCUT2D eigenvalue weighted by Crippen LogP contribution is -2.17. The van der Waals surface area contributed by atoms with Gasteiger partial charge in [-0.15, -0.1) is 0 Å². The standard InChI is InChI=1S/C17H20N6OS/c1-2-9-25-17-20-11-13(12-21-17)10-18-8-6-15-22-16(23-24-15)14-5-3-4-7-19-14/h3-5,7,11-12,18H,2,6,8-10H2,1H3. The smallest absolute Gasteiger partial charge is 0.228 e. The van der Waals surface area contributed by atoms with Gasteiger partial charge in [0.05, 0.1) is 0 Å². The van der Waals surface area contributed by atoms with Crippen molar-refractivity contribution in [3.8, 4) is 11.5 Å². The van der Waals surface area contributed by atoms with Gasteiger partial charge in [0.1, 0.15) is 5.69 Å². The number of nitrogens with zero attached hydrogens (tertiary/aromatic N) is 5. The molecule has 25 heavy (non-hydrogen) atoms. The molecule has 0 atom stereocenters. The van der Waals surface area contributed by atoms with Crippen LogP contribution >= 0.6 is 11.8 Å². The molecular weight excluding hydrogens is 336 g/mol. The van der Waals surface area contributed by atoms with Gasteiger partial charge < -0.3 is 9.84 Å². The van der Waals surface area contributed by atoms with Crippen molar-refractivity contribution in [2.24, 2.45) is 0 Å². The fourth-order valence-corrected chi connectivity index (χ4v) is 2.73. The molecule has 3 rings (SSSR count). The molecule has 130 valence electrons. The van der Waals surface area contributed by atoms with Gasteiger partial charge in [0, 0.05) is 49.4 Å². The Morgan fingerprint density at radius 3 is 2.80 bits per heavy atom. The third-order valence-corrected chi connectivity index (χ3v) is 4.41. The number of pyridine rings is 1. The van der Waals surface area contributed by atoms with E-state index in [1.165, 1.54) is 0 Å². The second-order valence-corrected chi connectivity index (χ2v) is 6.44. The fourth-order valence-electron chi connectivity index (χ4n) is 2.09. The van der Waals surface area contributed by atoms with Gasteiger partial charge in [-0.3, -0.25) is 4.98 Å². The lowest BCUT2D eigenvalue weighted by molar-refractivity contribution is 0.376. The van der Waals surface area contributed by atoms with Crippen LogP contribution in [-0.2, 0) is 13.0 Å². The predicted octanol–water partition coefficient (Wildman–Crippen LogP) is 2.76. The molecule has 0 bridgehead atoms. The summed E-state index contributed by atoms with van der Waals surface area (Å²) in [6.45, 7) is 3.59. The van der Waals surface area contributed by atoms with Gasteiger partial charge in [-0.25, -0.2) is 9.97 Å². The maximum atomic E-state index is 5.26.